The zero-order chi connectivity index (χ0) is 33.5. The molecule has 0 aliphatic heterocycles. The van der Waals surface area contributed by atoms with Gasteiger partial charge in [-0.15, -0.1) is 0 Å². The Balaban J connectivity index is 1.32. The van der Waals surface area contributed by atoms with E-state index in [1.807, 2.05) is 11.8 Å². The molecule has 10 atom stereocenters. The van der Waals surface area contributed by atoms with Crippen LogP contribution in [0.5, 0.6) is 0 Å². The van der Waals surface area contributed by atoms with Crippen LogP contribution in [-0.4, -0.2) is 42.3 Å². The molecule has 0 aromatic carbocycles. The van der Waals surface area contributed by atoms with E-state index >= 15 is 0 Å². The quantitative estimate of drug-likeness (QED) is 0.122. The Morgan fingerprint density at radius 1 is 0.826 bits per heavy atom. The maximum absolute atomic E-state index is 13.5. The van der Waals surface area contributed by atoms with Crippen molar-refractivity contribution in [3.05, 3.63) is 11.6 Å². The summed E-state index contributed by atoms with van der Waals surface area (Å²) in [6.45, 7) is 18.2. The zero-order valence-electron chi connectivity index (χ0n) is 31.3. The van der Waals surface area contributed by atoms with E-state index in [2.05, 4.69) is 47.6 Å². The third-order valence-corrected chi connectivity index (χ3v) is 13.7. The lowest BCUT2D eigenvalue weighted by Gasteiger charge is -2.58. The molecule has 5 nitrogen and oxygen atoms in total. The lowest BCUT2D eigenvalue weighted by Crippen LogP contribution is -2.51. The van der Waals surface area contributed by atoms with Crippen LogP contribution in [0.4, 0.5) is 4.79 Å². The molecule has 4 aliphatic carbocycles. The molecule has 1 amide bonds. The van der Waals surface area contributed by atoms with Gasteiger partial charge in [0.25, 0.3) is 0 Å². The van der Waals surface area contributed by atoms with Crippen molar-refractivity contribution in [1.82, 2.24) is 4.90 Å². The molecular formula is C41H75N3O2. The average Bonchev–Trinajstić information content (AvgIpc) is 3.35. The number of carbonyl (C=O) groups excluding carboxylic acids is 1. The second-order valence-electron chi connectivity index (χ2n) is 17.8. The third kappa shape index (κ3) is 9.33. The Hall–Kier alpha value is -1.07. The number of fused-ring (bicyclic) bond motifs is 5. The molecule has 0 bridgehead atoms. The van der Waals surface area contributed by atoms with Gasteiger partial charge in [0.2, 0.25) is 0 Å². The van der Waals surface area contributed by atoms with Gasteiger partial charge in [0.05, 0.1) is 0 Å². The molecule has 2 unspecified atom stereocenters. The standard InChI is InChI=1S/C41H75N3O2/c1-29(2)14-13-15-30(3)36-19-20-37-35-18-17-33-28-34(21-24-40(33,6)38(35)22-25-41(36,37)7)46-39(45)44(27-23-32(5)43)26-12-10-8-9-11-16-31(4)42/h17,29-32,34-38H,8-16,18-28,42-43H2,1-7H3/t30-,31?,32?,34+,35+,36-,37+,38+,40+,41-/m1/s1. The Kier molecular flexibility index (Phi) is 14.0. The predicted molar refractivity (Wildman–Crippen MR) is 195 cm³/mol. The van der Waals surface area contributed by atoms with Crippen molar-refractivity contribution in [3.8, 4) is 0 Å². The Morgan fingerprint density at radius 3 is 2.26 bits per heavy atom. The van der Waals surface area contributed by atoms with E-state index in [-0.39, 0.29) is 23.7 Å². The van der Waals surface area contributed by atoms with E-state index in [4.69, 9.17) is 16.2 Å². The second kappa shape index (κ2) is 17.0. The molecule has 0 saturated heterocycles. The van der Waals surface area contributed by atoms with Gasteiger partial charge in [0, 0.05) is 31.6 Å². The van der Waals surface area contributed by atoms with Gasteiger partial charge in [0.1, 0.15) is 6.10 Å². The molecule has 0 aromatic heterocycles. The van der Waals surface area contributed by atoms with E-state index < -0.39 is 0 Å². The normalized spacial score (nSPS) is 34.2. The fourth-order valence-corrected chi connectivity index (χ4v) is 10.9. The highest BCUT2D eigenvalue weighted by Gasteiger charge is 2.59. The van der Waals surface area contributed by atoms with Crippen molar-refractivity contribution in [1.29, 1.82) is 0 Å². The number of hydrogen-bond donors (Lipinski definition) is 2. The first-order valence-electron chi connectivity index (χ1n) is 20.0. The van der Waals surface area contributed by atoms with Gasteiger partial charge < -0.3 is 21.1 Å². The number of nitrogens with zero attached hydrogens (tertiary/aromatic N) is 1. The fraction of sp³-hybridized carbons (Fsp3) is 0.927. The maximum Gasteiger partial charge on any atom is 0.410 e. The molecule has 3 fully saturated rings. The minimum Gasteiger partial charge on any atom is -0.446 e. The molecule has 5 heteroatoms. The average molecular weight is 642 g/mol. The van der Waals surface area contributed by atoms with E-state index in [1.54, 1.807) is 5.57 Å². The van der Waals surface area contributed by atoms with Gasteiger partial charge in [-0.05, 0) is 124 Å². The molecule has 0 spiro atoms. The minimum absolute atomic E-state index is 0.0100. The van der Waals surface area contributed by atoms with Gasteiger partial charge in [-0.1, -0.05) is 91.2 Å². The molecule has 266 valence electrons. The molecule has 4 N–H and O–H groups in total. The van der Waals surface area contributed by atoms with Crippen LogP contribution < -0.4 is 11.5 Å². The number of ether oxygens (including phenoxy) is 1. The molecule has 0 aromatic rings. The van der Waals surface area contributed by atoms with Crippen LogP contribution in [0.2, 0.25) is 0 Å². The van der Waals surface area contributed by atoms with Crippen LogP contribution in [0.1, 0.15) is 164 Å². The molecule has 4 rings (SSSR count). The monoisotopic (exact) mass is 642 g/mol. The van der Waals surface area contributed by atoms with Crippen molar-refractivity contribution >= 4 is 6.09 Å². The third-order valence-electron chi connectivity index (χ3n) is 13.7. The molecular weight excluding hydrogens is 566 g/mol. The molecule has 0 radical (unpaired) electrons. The first-order chi connectivity index (χ1) is 21.8. The molecule has 3 saturated carbocycles. The van der Waals surface area contributed by atoms with Crippen LogP contribution in [0, 0.1) is 46.3 Å². The highest BCUT2D eigenvalue weighted by molar-refractivity contribution is 5.67. The Bertz CT molecular complexity index is 977. The smallest absolute Gasteiger partial charge is 0.410 e. The summed E-state index contributed by atoms with van der Waals surface area (Å²) in [4.78, 5) is 15.5. The topological polar surface area (TPSA) is 81.6 Å². The van der Waals surface area contributed by atoms with Crippen LogP contribution in [-0.2, 0) is 4.74 Å². The van der Waals surface area contributed by atoms with E-state index in [1.165, 1.54) is 70.6 Å². The van der Waals surface area contributed by atoms with Crippen LogP contribution in [0.15, 0.2) is 11.6 Å². The number of unbranched alkanes of at least 4 members (excludes halogenated alkanes) is 4. The van der Waals surface area contributed by atoms with Gasteiger partial charge in [-0.25, -0.2) is 4.79 Å². The number of amides is 1. The number of allylic oxidation sites excluding steroid dienone is 1. The molecule has 46 heavy (non-hydrogen) atoms. The molecule has 0 heterocycles. The van der Waals surface area contributed by atoms with Gasteiger partial charge in [-0.3, -0.25) is 0 Å². The summed E-state index contributed by atoms with van der Waals surface area (Å²) in [5.74, 6) is 5.12. The number of carbonyl (C=O) groups is 1. The lowest BCUT2D eigenvalue weighted by molar-refractivity contribution is -0.0593. The van der Waals surface area contributed by atoms with Crippen molar-refractivity contribution in [2.45, 2.75) is 182 Å². The lowest BCUT2D eigenvalue weighted by atomic mass is 9.47. The van der Waals surface area contributed by atoms with Crippen molar-refractivity contribution in [3.63, 3.8) is 0 Å². The highest BCUT2D eigenvalue weighted by atomic mass is 16.6. The summed E-state index contributed by atoms with van der Waals surface area (Å²) < 4.78 is 6.30. The summed E-state index contributed by atoms with van der Waals surface area (Å²) in [6.07, 6.45) is 24.5. The largest absolute Gasteiger partial charge is 0.446 e. The highest BCUT2D eigenvalue weighted by Crippen LogP contribution is 2.67. The summed E-state index contributed by atoms with van der Waals surface area (Å²) in [5, 5.41) is 0. The SMILES string of the molecule is CC(C)CCC[C@@H](C)[C@H]1CC[C@H]2[C@@H]3CC=C4C[C@@H](OC(=O)N(CCCCCCCC(C)N)CCC(C)N)CC[C@]4(C)[C@H]3CC[C@]12C. The maximum atomic E-state index is 13.5. The van der Waals surface area contributed by atoms with Gasteiger partial charge in [-0.2, -0.15) is 0 Å². The number of rotatable bonds is 17. The van der Waals surface area contributed by atoms with Crippen LogP contribution in [0.25, 0.3) is 0 Å². The van der Waals surface area contributed by atoms with Crippen LogP contribution in [0.3, 0.4) is 0 Å². The summed E-state index contributed by atoms with van der Waals surface area (Å²) >= 11 is 0. The summed E-state index contributed by atoms with van der Waals surface area (Å²) in [6, 6.07) is 0.383. The first kappa shape index (κ1) is 37.7. The number of nitrogens with two attached hydrogens (primary N) is 2. The zero-order valence-corrected chi connectivity index (χ0v) is 31.3. The second-order valence-corrected chi connectivity index (χ2v) is 17.8. The van der Waals surface area contributed by atoms with Crippen molar-refractivity contribution in [2.75, 3.05) is 13.1 Å². The molecule has 4 aliphatic rings. The number of hydrogen-bond acceptors (Lipinski definition) is 4. The summed E-state index contributed by atoms with van der Waals surface area (Å²) in [7, 11) is 0. The minimum atomic E-state index is -0.117. The van der Waals surface area contributed by atoms with E-state index in [0.29, 0.717) is 18.0 Å². The Labute approximate surface area is 284 Å². The van der Waals surface area contributed by atoms with Crippen molar-refractivity contribution < 1.29 is 9.53 Å². The summed E-state index contributed by atoms with van der Waals surface area (Å²) in [5.41, 5.74) is 14.4. The van der Waals surface area contributed by atoms with E-state index in [9.17, 15) is 4.79 Å². The van der Waals surface area contributed by atoms with Gasteiger partial charge >= 0.3 is 6.09 Å². The first-order valence-corrected chi connectivity index (χ1v) is 20.0. The Morgan fingerprint density at radius 2 is 1.54 bits per heavy atom. The predicted octanol–water partition coefficient (Wildman–Crippen LogP) is 10.3. The van der Waals surface area contributed by atoms with Crippen molar-refractivity contribution in [2.24, 2.45) is 57.8 Å². The van der Waals surface area contributed by atoms with E-state index in [0.717, 1.165) is 87.0 Å². The van der Waals surface area contributed by atoms with Crippen LogP contribution >= 0.6 is 0 Å². The van der Waals surface area contributed by atoms with Gasteiger partial charge in [0.15, 0.2) is 0 Å². The fourth-order valence-electron chi connectivity index (χ4n) is 10.9.